The molecule has 6 heteroatoms. The third kappa shape index (κ3) is 2.44. The molecule has 1 aliphatic rings. The van der Waals surface area contributed by atoms with Crippen LogP contribution in [0.2, 0.25) is 5.02 Å². The monoisotopic (exact) mass is 288 g/mol. The van der Waals surface area contributed by atoms with E-state index in [1.807, 2.05) is 18.2 Å². The SMILES string of the molecule is O=C(NN=Cc1ccccc1Cl)c1n[nH]c2c1CCC2. The highest BCUT2D eigenvalue weighted by Crippen LogP contribution is 2.22. The van der Waals surface area contributed by atoms with Crippen molar-refractivity contribution < 1.29 is 4.79 Å². The number of nitrogens with zero attached hydrogens (tertiary/aromatic N) is 2. The summed E-state index contributed by atoms with van der Waals surface area (Å²) in [6, 6.07) is 7.29. The van der Waals surface area contributed by atoms with Gasteiger partial charge in [0.2, 0.25) is 0 Å². The van der Waals surface area contributed by atoms with Crippen LogP contribution < -0.4 is 5.43 Å². The van der Waals surface area contributed by atoms with Gasteiger partial charge < -0.3 is 0 Å². The van der Waals surface area contributed by atoms with Crippen LogP contribution in [0.3, 0.4) is 0 Å². The number of hydrazone groups is 1. The van der Waals surface area contributed by atoms with Gasteiger partial charge >= 0.3 is 0 Å². The molecule has 1 amide bonds. The zero-order valence-corrected chi connectivity index (χ0v) is 11.4. The number of benzene rings is 1. The maximum atomic E-state index is 12.0. The highest BCUT2D eigenvalue weighted by molar-refractivity contribution is 6.33. The maximum Gasteiger partial charge on any atom is 0.292 e. The van der Waals surface area contributed by atoms with E-state index in [9.17, 15) is 4.79 Å². The Bertz CT molecular complexity index is 678. The minimum atomic E-state index is -0.298. The molecule has 2 N–H and O–H groups in total. The molecule has 0 unspecified atom stereocenters. The Labute approximate surface area is 121 Å². The van der Waals surface area contributed by atoms with Crippen LogP contribution in [-0.4, -0.2) is 22.3 Å². The first kappa shape index (κ1) is 12.9. The number of carbonyl (C=O) groups is 1. The van der Waals surface area contributed by atoms with Gasteiger partial charge in [-0.25, -0.2) is 5.43 Å². The summed E-state index contributed by atoms with van der Waals surface area (Å²) < 4.78 is 0. The molecule has 1 aliphatic carbocycles. The van der Waals surface area contributed by atoms with Crippen LogP contribution in [0.25, 0.3) is 0 Å². The van der Waals surface area contributed by atoms with Crippen LogP contribution in [0.5, 0.6) is 0 Å². The van der Waals surface area contributed by atoms with E-state index in [0.29, 0.717) is 10.7 Å². The summed E-state index contributed by atoms with van der Waals surface area (Å²) >= 11 is 5.99. The van der Waals surface area contributed by atoms with E-state index in [0.717, 1.165) is 36.1 Å². The lowest BCUT2D eigenvalue weighted by Crippen LogP contribution is -2.19. The van der Waals surface area contributed by atoms with Crippen molar-refractivity contribution in [2.45, 2.75) is 19.3 Å². The topological polar surface area (TPSA) is 70.1 Å². The van der Waals surface area contributed by atoms with Crippen LogP contribution >= 0.6 is 11.6 Å². The van der Waals surface area contributed by atoms with Crippen LogP contribution in [0, 0.1) is 0 Å². The summed E-state index contributed by atoms with van der Waals surface area (Å²) in [6.07, 6.45) is 4.43. The van der Waals surface area contributed by atoms with E-state index in [1.165, 1.54) is 6.21 Å². The molecule has 5 nitrogen and oxygen atoms in total. The number of fused-ring (bicyclic) bond motifs is 1. The Morgan fingerprint density at radius 2 is 2.25 bits per heavy atom. The van der Waals surface area contributed by atoms with Gasteiger partial charge in [0.15, 0.2) is 5.69 Å². The standard InChI is InChI=1S/C14H13ClN4O/c15-11-6-2-1-4-9(11)8-16-19-14(20)13-10-5-3-7-12(10)17-18-13/h1-2,4,6,8H,3,5,7H2,(H,17,18)(H,19,20). The van der Waals surface area contributed by atoms with Gasteiger partial charge in [0.05, 0.1) is 6.21 Å². The van der Waals surface area contributed by atoms with Gasteiger partial charge in [-0.15, -0.1) is 0 Å². The Hall–Kier alpha value is -2.14. The van der Waals surface area contributed by atoms with E-state index in [-0.39, 0.29) is 5.91 Å². The highest BCUT2D eigenvalue weighted by atomic mass is 35.5. The van der Waals surface area contributed by atoms with E-state index in [1.54, 1.807) is 6.07 Å². The fourth-order valence-electron chi connectivity index (χ4n) is 2.30. The first-order valence-electron chi connectivity index (χ1n) is 6.40. The first-order chi connectivity index (χ1) is 9.75. The molecule has 0 atom stereocenters. The summed E-state index contributed by atoms with van der Waals surface area (Å²) in [5.74, 6) is -0.298. The van der Waals surface area contributed by atoms with Gasteiger partial charge in [0, 0.05) is 21.8 Å². The van der Waals surface area contributed by atoms with Crippen LogP contribution in [0.4, 0.5) is 0 Å². The zero-order chi connectivity index (χ0) is 13.9. The van der Waals surface area contributed by atoms with Crippen LogP contribution in [0.15, 0.2) is 29.4 Å². The number of hydrogen-bond acceptors (Lipinski definition) is 3. The van der Waals surface area contributed by atoms with Crippen molar-refractivity contribution in [1.82, 2.24) is 15.6 Å². The van der Waals surface area contributed by atoms with E-state index >= 15 is 0 Å². The van der Waals surface area contributed by atoms with E-state index in [4.69, 9.17) is 11.6 Å². The van der Waals surface area contributed by atoms with Crippen molar-refractivity contribution in [3.63, 3.8) is 0 Å². The van der Waals surface area contributed by atoms with Gasteiger partial charge in [-0.2, -0.15) is 10.2 Å². The first-order valence-corrected chi connectivity index (χ1v) is 6.77. The predicted molar refractivity (Wildman–Crippen MR) is 77.1 cm³/mol. The summed E-state index contributed by atoms with van der Waals surface area (Å²) in [5.41, 5.74) is 5.74. The zero-order valence-electron chi connectivity index (χ0n) is 10.7. The minimum absolute atomic E-state index is 0.298. The molecule has 0 saturated carbocycles. The van der Waals surface area contributed by atoms with Crippen molar-refractivity contribution in [1.29, 1.82) is 0 Å². The Kier molecular flexibility index (Phi) is 3.52. The third-order valence-electron chi connectivity index (χ3n) is 3.30. The predicted octanol–water partition coefficient (Wildman–Crippen LogP) is 2.32. The number of rotatable bonds is 3. The molecule has 1 aromatic heterocycles. The molecule has 1 heterocycles. The van der Waals surface area contributed by atoms with Gasteiger partial charge in [-0.05, 0) is 25.3 Å². The average molecular weight is 289 g/mol. The van der Waals surface area contributed by atoms with Gasteiger partial charge in [-0.3, -0.25) is 9.89 Å². The molecular weight excluding hydrogens is 276 g/mol. The molecule has 0 fully saturated rings. The molecule has 1 aromatic carbocycles. The Morgan fingerprint density at radius 3 is 3.10 bits per heavy atom. The number of halogens is 1. The second-order valence-electron chi connectivity index (χ2n) is 4.60. The Balaban J connectivity index is 1.69. The van der Waals surface area contributed by atoms with Gasteiger partial charge in [0.1, 0.15) is 0 Å². The number of carbonyl (C=O) groups excluding carboxylic acids is 1. The molecule has 0 bridgehead atoms. The largest absolute Gasteiger partial charge is 0.292 e. The lowest BCUT2D eigenvalue weighted by atomic mass is 10.2. The molecule has 0 saturated heterocycles. The number of aromatic nitrogens is 2. The fourth-order valence-corrected chi connectivity index (χ4v) is 2.48. The Morgan fingerprint density at radius 1 is 1.40 bits per heavy atom. The molecule has 0 radical (unpaired) electrons. The number of hydrogen-bond donors (Lipinski definition) is 2. The molecule has 0 aliphatic heterocycles. The van der Waals surface area contributed by atoms with Crippen LogP contribution in [-0.2, 0) is 12.8 Å². The summed E-state index contributed by atoms with van der Waals surface area (Å²) in [7, 11) is 0. The number of H-pyrrole nitrogens is 1. The number of aromatic amines is 1. The third-order valence-corrected chi connectivity index (χ3v) is 3.64. The quantitative estimate of drug-likeness (QED) is 0.672. The van der Waals surface area contributed by atoms with Crippen LogP contribution in [0.1, 0.15) is 33.7 Å². The van der Waals surface area contributed by atoms with Crippen molar-refractivity contribution in [2.75, 3.05) is 0 Å². The van der Waals surface area contributed by atoms with Gasteiger partial charge in [-0.1, -0.05) is 29.8 Å². The lowest BCUT2D eigenvalue weighted by molar-refractivity contribution is 0.0949. The minimum Gasteiger partial charge on any atom is -0.281 e. The molecule has 2 aromatic rings. The van der Waals surface area contributed by atoms with Gasteiger partial charge in [0.25, 0.3) is 5.91 Å². The molecule has 3 rings (SSSR count). The second-order valence-corrected chi connectivity index (χ2v) is 5.01. The van der Waals surface area contributed by atoms with Crippen molar-refractivity contribution in [3.8, 4) is 0 Å². The fraction of sp³-hybridized carbons (Fsp3) is 0.214. The number of aryl methyl sites for hydroxylation is 1. The van der Waals surface area contributed by atoms with Crippen molar-refractivity contribution >= 4 is 23.7 Å². The summed E-state index contributed by atoms with van der Waals surface area (Å²) in [6.45, 7) is 0. The molecular formula is C14H13ClN4O. The van der Waals surface area contributed by atoms with Crippen molar-refractivity contribution in [2.24, 2.45) is 5.10 Å². The maximum absolute atomic E-state index is 12.0. The van der Waals surface area contributed by atoms with E-state index < -0.39 is 0 Å². The van der Waals surface area contributed by atoms with Crippen molar-refractivity contribution in [3.05, 3.63) is 51.8 Å². The average Bonchev–Trinajstić information content (AvgIpc) is 3.03. The molecule has 20 heavy (non-hydrogen) atoms. The second kappa shape index (κ2) is 5.46. The molecule has 0 spiro atoms. The number of nitrogens with one attached hydrogen (secondary N) is 2. The number of amides is 1. The highest BCUT2D eigenvalue weighted by Gasteiger charge is 2.22. The normalized spacial score (nSPS) is 13.7. The summed E-state index contributed by atoms with van der Waals surface area (Å²) in [5, 5.41) is 11.5. The summed E-state index contributed by atoms with van der Waals surface area (Å²) in [4.78, 5) is 12.0. The smallest absolute Gasteiger partial charge is 0.281 e. The molecule has 102 valence electrons. The lowest BCUT2D eigenvalue weighted by Gasteiger charge is -1.99. The van der Waals surface area contributed by atoms with E-state index in [2.05, 4.69) is 20.7 Å².